The summed E-state index contributed by atoms with van der Waals surface area (Å²) in [5.41, 5.74) is 1.42. The molecule has 0 atom stereocenters. The second-order valence-corrected chi connectivity index (χ2v) is 6.13. The van der Waals surface area contributed by atoms with Gasteiger partial charge in [0, 0.05) is 29.1 Å². The van der Waals surface area contributed by atoms with Gasteiger partial charge < -0.3 is 10.1 Å². The fourth-order valence-corrected chi connectivity index (χ4v) is 3.00. The lowest BCUT2D eigenvalue weighted by Crippen LogP contribution is -2.20. The molecule has 7 nitrogen and oxygen atoms in total. The maximum atomic E-state index is 12.3. The number of anilines is 1. The third kappa shape index (κ3) is 3.45. The van der Waals surface area contributed by atoms with Crippen molar-refractivity contribution in [1.82, 2.24) is 4.98 Å². The summed E-state index contributed by atoms with van der Waals surface area (Å²) < 4.78 is 5.41. The molecule has 1 heterocycles. The molecule has 28 heavy (non-hydrogen) atoms. The number of pyridine rings is 1. The van der Waals surface area contributed by atoms with E-state index in [1.165, 1.54) is 24.3 Å². The van der Waals surface area contributed by atoms with Gasteiger partial charge in [-0.15, -0.1) is 0 Å². The minimum Gasteiger partial charge on any atom is -0.484 e. The van der Waals surface area contributed by atoms with Gasteiger partial charge in [-0.2, -0.15) is 0 Å². The van der Waals surface area contributed by atoms with Gasteiger partial charge in [0.2, 0.25) is 0 Å². The summed E-state index contributed by atoms with van der Waals surface area (Å²) in [7, 11) is 0. The average molecular weight is 373 g/mol. The van der Waals surface area contributed by atoms with E-state index in [-0.39, 0.29) is 18.2 Å². The summed E-state index contributed by atoms with van der Waals surface area (Å²) in [6.45, 7) is -0.213. The number of non-ortho nitro benzene ring substituents is 1. The molecule has 4 aromatic rings. The van der Waals surface area contributed by atoms with Crippen LogP contribution in [-0.4, -0.2) is 22.4 Å². The number of carbonyl (C=O) groups is 1. The molecule has 0 radical (unpaired) electrons. The van der Waals surface area contributed by atoms with Crippen molar-refractivity contribution < 1.29 is 14.5 Å². The summed E-state index contributed by atoms with van der Waals surface area (Å²) in [6, 6.07) is 19.2. The van der Waals surface area contributed by atoms with Crippen LogP contribution in [0.15, 0.2) is 72.9 Å². The zero-order chi connectivity index (χ0) is 19.5. The first-order chi connectivity index (χ1) is 13.6. The van der Waals surface area contributed by atoms with Crippen LogP contribution in [0.3, 0.4) is 0 Å². The van der Waals surface area contributed by atoms with E-state index in [4.69, 9.17) is 4.74 Å². The number of amides is 1. The van der Waals surface area contributed by atoms with Crippen LogP contribution >= 0.6 is 0 Å². The molecule has 3 aromatic carbocycles. The summed E-state index contributed by atoms with van der Waals surface area (Å²) in [5, 5.41) is 16.4. The number of nitro benzene ring substituents is 1. The number of benzene rings is 3. The Balaban J connectivity index is 1.50. The Bertz CT molecular complexity index is 1190. The van der Waals surface area contributed by atoms with E-state index in [1.807, 2.05) is 36.4 Å². The molecule has 0 bridgehead atoms. The Hall–Kier alpha value is -4.00. The number of nitrogens with one attached hydrogen (secondary N) is 1. The molecule has 0 fully saturated rings. The van der Waals surface area contributed by atoms with Crippen molar-refractivity contribution in [2.75, 3.05) is 11.9 Å². The molecule has 1 N–H and O–H groups in total. The Morgan fingerprint density at radius 2 is 1.79 bits per heavy atom. The Labute approximate surface area is 159 Å². The number of fused-ring (bicyclic) bond motifs is 3. The smallest absolute Gasteiger partial charge is 0.269 e. The molecule has 0 spiro atoms. The van der Waals surface area contributed by atoms with E-state index in [9.17, 15) is 14.9 Å². The molecule has 1 amide bonds. The van der Waals surface area contributed by atoms with Gasteiger partial charge in [-0.25, -0.2) is 0 Å². The standard InChI is InChI=1S/C21H15N3O4/c25-20(13-28-16-8-6-15(7-9-16)24(26)27)23-19-11-12-22-21-17-4-2-1-3-14(17)5-10-18(19)21/h1-12H,13H2,(H,22,23,25). The van der Waals surface area contributed by atoms with E-state index in [1.54, 1.807) is 12.3 Å². The first-order valence-electron chi connectivity index (χ1n) is 8.55. The lowest BCUT2D eigenvalue weighted by Gasteiger charge is -2.11. The van der Waals surface area contributed by atoms with Crippen molar-refractivity contribution >= 4 is 39.0 Å². The first-order valence-corrected chi connectivity index (χ1v) is 8.55. The molecule has 0 unspecified atom stereocenters. The van der Waals surface area contributed by atoms with Gasteiger partial charge in [0.25, 0.3) is 11.6 Å². The van der Waals surface area contributed by atoms with Gasteiger partial charge in [-0.05, 0) is 23.6 Å². The lowest BCUT2D eigenvalue weighted by molar-refractivity contribution is -0.384. The van der Waals surface area contributed by atoms with Gasteiger partial charge in [0.15, 0.2) is 6.61 Å². The number of nitrogens with zero attached hydrogens (tertiary/aromatic N) is 2. The molecule has 4 rings (SSSR count). The number of nitro groups is 1. The fraction of sp³-hybridized carbons (Fsp3) is 0.0476. The molecule has 0 saturated heterocycles. The van der Waals surface area contributed by atoms with Crippen molar-refractivity contribution in [2.45, 2.75) is 0 Å². The topological polar surface area (TPSA) is 94.4 Å². The third-order valence-electron chi connectivity index (χ3n) is 4.33. The fourth-order valence-electron chi connectivity index (χ4n) is 3.00. The Kier molecular flexibility index (Phi) is 4.55. The van der Waals surface area contributed by atoms with Gasteiger partial charge in [0.05, 0.1) is 16.1 Å². The Morgan fingerprint density at radius 1 is 1.00 bits per heavy atom. The summed E-state index contributed by atoms with van der Waals surface area (Å²) in [4.78, 5) is 26.9. The lowest BCUT2D eigenvalue weighted by atomic mass is 10.1. The minimum absolute atomic E-state index is 0.0349. The highest BCUT2D eigenvalue weighted by atomic mass is 16.6. The SMILES string of the molecule is O=C(COc1ccc([N+](=O)[O-])cc1)Nc1ccnc2c1ccc1ccccc12. The number of hydrogen-bond acceptors (Lipinski definition) is 5. The highest BCUT2D eigenvalue weighted by molar-refractivity contribution is 6.11. The van der Waals surface area contributed by atoms with Crippen LogP contribution in [0, 0.1) is 10.1 Å². The minimum atomic E-state index is -0.491. The second kappa shape index (κ2) is 7.32. The third-order valence-corrected chi connectivity index (χ3v) is 4.33. The van der Waals surface area contributed by atoms with Crippen LogP contribution in [0.25, 0.3) is 21.7 Å². The predicted molar refractivity (Wildman–Crippen MR) is 106 cm³/mol. The molecular weight excluding hydrogens is 358 g/mol. The number of aromatic nitrogens is 1. The predicted octanol–water partition coefficient (Wildman–Crippen LogP) is 4.31. The molecule has 7 heteroatoms. The summed E-state index contributed by atoms with van der Waals surface area (Å²) >= 11 is 0. The molecule has 0 aliphatic heterocycles. The van der Waals surface area contributed by atoms with Crippen LogP contribution in [0.1, 0.15) is 0 Å². The maximum absolute atomic E-state index is 12.3. The maximum Gasteiger partial charge on any atom is 0.269 e. The van der Waals surface area contributed by atoms with Crippen LogP contribution in [0.2, 0.25) is 0 Å². The first kappa shape index (κ1) is 17.4. The highest BCUT2D eigenvalue weighted by Crippen LogP contribution is 2.28. The number of ether oxygens (including phenoxy) is 1. The van der Waals surface area contributed by atoms with E-state index < -0.39 is 4.92 Å². The van der Waals surface area contributed by atoms with Crippen LogP contribution in [0.5, 0.6) is 5.75 Å². The van der Waals surface area contributed by atoms with Gasteiger partial charge >= 0.3 is 0 Å². The zero-order valence-electron chi connectivity index (χ0n) is 14.7. The van der Waals surface area contributed by atoms with Crippen LogP contribution < -0.4 is 10.1 Å². The zero-order valence-corrected chi connectivity index (χ0v) is 14.7. The number of rotatable bonds is 5. The normalized spacial score (nSPS) is 10.7. The van der Waals surface area contributed by atoms with Gasteiger partial charge in [0.1, 0.15) is 5.75 Å². The molecule has 1 aromatic heterocycles. The van der Waals surface area contributed by atoms with Crippen molar-refractivity contribution in [3.8, 4) is 5.75 Å². The quantitative estimate of drug-likeness (QED) is 0.319. The Morgan fingerprint density at radius 3 is 2.57 bits per heavy atom. The molecule has 0 saturated carbocycles. The van der Waals surface area contributed by atoms with E-state index >= 15 is 0 Å². The highest BCUT2D eigenvalue weighted by Gasteiger charge is 2.10. The molecule has 0 aliphatic carbocycles. The average Bonchev–Trinajstić information content (AvgIpc) is 2.72. The monoisotopic (exact) mass is 373 g/mol. The van der Waals surface area contributed by atoms with Crippen molar-refractivity contribution in [3.05, 3.63) is 83.0 Å². The number of hydrogen-bond donors (Lipinski definition) is 1. The number of carbonyl (C=O) groups excluding carboxylic acids is 1. The molecular formula is C21H15N3O4. The molecule has 0 aliphatic rings. The van der Waals surface area contributed by atoms with E-state index in [0.717, 1.165) is 21.7 Å². The van der Waals surface area contributed by atoms with Gasteiger partial charge in [-0.1, -0.05) is 36.4 Å². The van der Waals surface area contributed by atoms with Crippen molar-refractivity contribution in [2.24, 2.45) is 0 Å². The van der Waals surface area contributed by atoms with E-state index in [2.05, 4.69) is 10.3 Å². The van der Waals surface area contributed by atoms with Gasteiger partial charge in [-0.3, -0.25) is 19.9 Å². The van der Waals surface area contributed by atoms with E-state index in [0.29, 0.717) is 11.4 Å². The molecule has 138 valence electrons. The summed E-state index contributed by atoms with van der Waals surface area (Å²) in [5.74, 6) is 0.0466. The van der Waals surface area contributed by atoms with Crippen LogP contribution in [0.4, 0.5) is 11.4 Å². The van der Waals surface area contributed by atoms with Crippen molar-refractivity contribution in [3.63, 3.8) is 0 Å². The van der Waals surface area contributed by atoms with Crippen LogP contribution in [-0.2, 0) is 4.79 Å². The van der Waals surface area contributed by atoms with Crippen molar-refractivity contribution in [1.29, 1.82) is 0 Å². The second-order valence-electron chi connectivity index (χ2n) is 6.13. The largest absolute Gasteiger partial charge is 0.484 e. The summed E-state index contributed by atoms with van der Waals surface area (Å²) in [6.07, 6.45) is 1.65.